The molecule has 2 aliphatic rings. The topological polar surface area (TPSA) is 12.0 Å². The quantitative estimate of drug-likeness (QED) is 0.760. The van der Waals surface area contributed by atoms with Gasteiger partial charge in [0.15, 0.2) is 0 Å². The van der Waals surface area contributed by atoms with Crippen molar-refractivity contribution >= 4 is 17.3 Å². The fraction of sp³-hybridized carbons (Fsp3) is 0.571. The number of rotatable bonds is 1. The van der Waals surface area contributed by atoms with Gasteiger partial charge in [0.25, 0.3) is 0 Å². The van der Waals surface area contributed by atoms with E-state index in [0.29, 0.717) is 0 Å². The summed E-state index contributed by atoms with van der Waals surface area (Å²) >= 11 is 6.04. The maximum atomic E-state index is 6.04. The van der Waals surface area contributed by atoms with E-state index in [4.69, 9.17) is 11.6 Å². The van der Waals surface area contributed by atoms with Crippen molar-refractivity contribution in [1.82, 2.24) is 0 Å². The Kier molecular flexibility index (Phi) is 2.81. The summed E-state index contributed by atoms with van der Waals surface area (Å²) in [6.07, 6.45) is 6.99. The van der Waals surface area contributed by atoms with E-state index in [1.807, 2.05) is 6.07 Å². The van der Waals surface area contributed by atoms with E-state index in [0.717, 1.165) is 23.4 Å². The molecule has 1 aromatic carbocycles. The van der Waals surface area contributed by atoms with Gasteiger partial charge in [0.2, 0.25) is 0 Å². The van der Waals surface area contributed by atoms with Crippen molar-refractivity contribution in [2.24, 2.45) is 5.92 Å². The van der Waals surface area contributed by atoms with Crippen LogP contribution >= 0.6 is 11.6 Å². The fourth-order valence-corrected chi connectivity index (χ4v) is 3.54. The van der Waals surface area contributed by atoms with Gasteiger partial charge >= 0.3 is 0 Å². The van der Waals surface area contributed by atoms with Gasteiger partial charge in [0.05, 0.1) is 0 Å². The second-order valence-corrected chi connectivity index (χ2v) is 5.53. The summed E-state index contributed by atoms with van der Waals surface area (Å²) in [5.41, 5.74) is 2.78. The molecule has 1 fully saturated rings. The number of benzene rings is 1. The molecular weight excluding hydrogens is 218 g/mol. The van der Waals surface area contributed by atoms with Crippen molar-refractivity contribution in [2.75, 3.05) is 11.9 Å². The summed E-state index contributed by atoms with van der Waals surface area (Å²) in [4.78, 5) is 0. The number of hydrogen-bond acceptors (Lipinski definition) is 1. The number of halogens is 1. The summed E-state index contributed by atoms with van der Waals surface area (Å²) < 4.78 is 0. The number of hydrogen-bond donors (Lipinski definition) is 1. The molecule has 1 N–H and O–H groups in total. The Labute approximate surface area is 102 Å². The molecule has 0 saturated heterocycles. The zero-order valence-electron chi connectivity index (χ0n) is 9.51. The van der Waals surface area contributed by atoms with E-state index in [9.17, 15) is 0 Å². The third kappa shape index (κ3) is 1.82. The van der Waals surface area contributed by atoms with E-state index in [-0.39, 0.29) is 0 Å². The molecule has 0 radical (unpaired) electrons. The Balaban J connectivity index is 1.93. The first-order valence-electron chi connectivity index (χ1n) is 6.38. The summed E-state index contributed by atoms with van der Waals surface area (Å²) in [5, 5.41) is 4.32. The Morgan fingerprint density at radius 2 is 1.94 bits per heavy atom. The molecule has 16 heavy (non-hydrogen) atoms. The van der Waals surface area contributed by atoms with Crippen LogP contribution in [0.2, 0.25) is 5.02 Å². The van der Waals surface area contributed by atoms with Crippen LogP contribution in [0.25, 0.3) is 0 Å². The first-order valence-corrected chi connectivity index (χ1v) is 6.76. The largest absolute Gasteiger partial charge is 0.385 e. The monoisotopic (exact) mass is 235 g/mol. The van der Waals surface area contributed by atoms with Crippen molar-refractivity contribution in [3.63, 3.8) is 0 Å². The molecule has 0 bridgehead atoms. The van der Waals surface area contributed by atoms with E-state index in [2.05, 4.69) is 17.4 Å². The van der Waals surface area contributed by atoms with Crippen molar-refractivity contribution in [1.29, 1.82) is 0 Å². The molecule has 1 aromatic rings. The highest BCUT2D eigenvalue weighted by molar-refractivity contribution is 6.30. The van der Waals surface area contributed by atoms with Gasteiger partial charge < -0.3 is 5.32 Å². The normalized spacial score (nSPS) is 25.2. The van der Waals surface area contributed by atoms with Crippen LogP contribution in [-0.4, -0.2) is 6.54 Å². The van der Waals surface area contributed by atoms with Gasteiger partial charge in [-0.05, 0) is 48.8 Å². The third-order valence-electron chi connectivity index (χ3n) is 4.15. The van der Waals surface area contributed by atoms with E-state index in [1.54, 1.807) is 0 Å². The fourth-order valence-electron chi connectivity index (χ4n) is 3.37. The highest BCUT2D eigenvalue weighted by Gasteiger charge is 2.29. The molecule has 3 rings (SSSR count). The second-order valence-electron chi connectivity index (χ2n) is 5.10. The average molecular weight is 236 g/mol. The van der Waals surface area contributed by atoms with Crippen LogP contribution in [0.4, 0.5) is 5.69 Å². The zero-order valence-corrected chi connectivity index (χ0v) is 10.3. The summed E-state index contributed by atoms with van der Waals surface area (Å²) in [6, 6.07) is 6.35. The molecule has 1 aliphatic heterocycles. The maximum absolute atomic E-state index is 6.04. The van der Waals surface area contributed by atoms with E-state index in [1.165, 1.54) is 43.4 Å². The number of fused-ring (bicyclic) bond motifs is 1. The lowest BCUT2D eigenvalue weighted by Crippen LogP contribution is -2.21. The average Bonchev–Trinajstić information content (AvgIpc) is 2.81. The SMILES string of the molecule is Clc1ccc2c(c1)NCCC2C1CCCC1. The van der Waals surface area contributed by atoms with Crippen molar-refractivity contribution in [2.45, 2.75) is 38.0 Å². The molecule has 1 heterocycles. The van der Waals surface area contributed by atoms with Gasteiger partial charge in [-0.3, -0.25) is 0 Å². The minimum Gasteiger partial charge on any atom is -0.385 e. The lowest BCUT2D eigenvalue weighted by molar-refractivity contribution is 0.413. The Morgan fingerprint density at radius 1 is 1.12 bits per heavy atom. The predicted molar refractivity (Wildman–Crippen MR) is 69.3 cm³/mol. The van der Waals surface area contributed by atoms with Crippen LogP contribution in [0.3, 0.4) is 0 Å². The molecular formula is C14H18ClN. The van der Waals surface area contributed by atoms with Crippen LogP contribution in [0.1, 0.15) is 43.6 Å². The molecule has 0 spiro atoms. The van der Waals surface area contributed by atoms with Crippen molar-refractivity contribution in [3.05, 3.63) is 28.8 Å². The second kappa shape index (κ2) is 4.29. The van der Waals surface area contributed by atoms with Crippen LogP contribution in [0.5, 0.6) is 0 Å². The molecule has 1 atom stereocenters. The lowest BCUT2D eigenvalue weighted by atomic mass is 9.80. The van der Waals surface area contributed by atoms with E-state index < -0.39 is 0 Å². The molecule has 1 aliphatic carbocycles. The predicted octanol–water partition coefficient (Wildman–Crippen LogP) is 4.43. The van der Waals surface area contributed by atoms with E-state index >= 15 is 0 Å². The number of nitrogens with one attached hydrogen (secondary N) is 1. The summed E-state index contributed by atoms with van der Waals surface area (Å²) in [6.45, 7) is 1.11. The first-order chi connectivity index (χ1) is 7.84. The van der Waals surface area contributed by atoms with Gasteiger partial charge in [-0.15, -0.1) is 0 Å². The van der Waals surface area contributed by atoms with Crippen LogP contribution < -0.4 is 5.32 Å². The van der Waals surface area contributed by atoms with Gasteiger partial charge in [0.1, 0.15) is 0 Å². The molecule has 1 nitrogen and oxygen atoms in total. The maximum Gasteiger partial charge on any atom is 0.0426 e. The summed E-state index contributed by atoms with van der Waals surface area (Å²) in [5.74, 6) is 1.69. The van der Waals surface area contributed by atoms with Crippen molar-refractivity contribution < 1.29 is 0 Å². The first kappa shape index (κ1) is 10.5. The molecule has 2 heteroatoms. The molecule has 1 unspecified atom stereocenters. The minimum atomic E-state index is 0.774. The smallest absolute Gasteiger partial charge is 0.0426 e. The molecule has 1 saturated carbocycles. The van der Waals surface area contributed by atoms with Crippen molar-refractivity contribution in [3.8, 4) is 0 Å². The molecule has 86 valence electrons. The lowest BCUT2D eigenvalue weighted by Gasteiger charge is -2.31. The van der Waals surface area contributed by atoms with Gasteiger partial charge in [-0.2, -0.15) is 0 Å². The highest BCUT2D eigenvalue weighted by atomic mass is 35.5. The van der Waals surface area contributed by atoms with Gasteiger partial charge in [-0.25, -0.2) is 0 Å². The molecule has 0 aromatic heterocycles. The Morgan fingerprint density at radius 3 is 2.75 bits per heavy atom. The molecule has 0 amide bonds. The standard InChI is InChI=1S/C14H18ClN/c15-11-5-6-13-12(10-3-1-2-4-10)7-8-16-14(13)9-11/h5-6,9-10,12,16H,1-4,7-8H2. The Hall–Kier alpha value is -0.690. The number of anilines is 1. The summed E-state index contributed by atoms with van der Waals surface area (Å²) in [7, 11) is 0. The zero-order chi connectivity index (χ0) is 11.0. The van der Waals surface area contributed by atoms with Crippen LogP contribution in [0, 0.1) is 5.92 Å². The van der Waals surface area contributed by atoms with Gasteiger partial charge in [0, 0.05) is 17.3 Å². The third-order valence-corrected chi connectivity index (χ3v) is 4.39. The Bertz CT molecular complexity index is 382. The minimum absolute atomic E-state index is 0.774. The van der Waals surface area contributed by atoms with Crippen LogP contribution in [-0.2, 0) is 0 Å². The van der Waals surface area contributed by atoms with Gasteiger partial charge in [-0.1, -0.05) is 30.5 Å². The van der Waals surface area contributed by atoms with Crippen LogP contribution in [0.15, 0.2) is 18.2 Å². The highest BCUT2D eigenvalue weighted by Crippen LogP contribution is 2.44.